The number of nitrogens with two attached hydrogens (primary N) is 1. The third kappa shape index (κ3) is 6.10. The number of rotatable bonds is 10. The Morgan fingerprint density at radius 2 is 1.85 bits per heavy atom. The van der Waals surface area contributed by atoms with Gasteiger partial charge in [0.15, 0.2) is 17.3 Å². The Kier molecular flexibility index (Phi) is 9.53. The van der Waals surface area contributed by atoms with Gasteiger partial charge in [0.25, 0.3) is 0 Å². The van der Waals surface area contributed by atoms with Gasteiger partial charge in [-0.3, -0.25) is 10.2 Å². The number of ether oxygens (including phenoxy) is 3. The minimum absolute atomic E-state index is 0. The van der Waals surface area contributed by atoms with E-state index in [9.17, 15) is 4.79 Å². The van der Waals surface area contributed by atoms with Crippen LogP contribution in [-0.4, -0.2) is 50.4 Å². The zero-order valence-electron chi connectivity index (χ0n) is 20.7. The first-order valence-electron chi connectivity index (χ1n) is 11.3. The highest BCUT2D eigenvalue weighted by Gasteiger charge is 2.29. The van der Waals surface area contributed by atoms with Gasteiger partial charge in [0.05, 0.1) is 27.4 Å². The maximum Gasteiger partial charge on any atom is 0.182 e. The second kappa shape index (κ2) is 11.7. The number of carbonyl (C=O) groups is 1. The number of nitrogens with zero attached hydrogens (tertiary/aromatic N) is 1. The van der Waals surface area contributed by atoms with Crippen LogP contribution in [0.5, 0.6) is 17.2 Å². The third-order valence-electron chi connectivity index (χ3n) is 5.82. The van der Waals surface area contributed by atoms with Gasteiger partial charge in [-0.05, 0) is 60.7 Å². The van der Waals surface area contributed by atoms with Crippen LogP contribution in [0.1, 0.15) is 60.7 Å². The highest BCUT2D eigenvalue weighted by molar-refractivity contribution is 8.93. The number of methoxy groups -OCH3 is 2. The fourth-order valence-corrected chi connectivity index (χ4v) is 3.98. The molecule has 7 nitrogen and oxygen atoms in total. The summed E-state index contributed by atoms with van der Waals surface area (Å²) in [6, 6.07) is 9.29. The molecular weight excluding hydrogens is 498 g/mol. The molecule has 0 fully saturated rings. The summed E-state index contributed by atoms with van der Waals surface area (Å²) in [5.41, 5.74) is 8.63. The molecule has 0 atom stereocenters. The number of halogens is 1. The van der Waals surface area contributed by atoms with Crippen molar-refractivity contribution in [2.24, 2.45) is 5.73 Å². The molecule has 0 aliphatic carbocycles. The van der Waals surface area contributed by atoms with E-state index in [0.717, 1.165) is 35.3 Å². The van der Waals surface area contributed by atoms with Gasteiger partial charge in [0.1, 0.15) is 11.6 Å². The van der Waals surface area contributed by atoms with E-state index in [1.54, 1.807) is 25.2 Å². The molecule has 0 unspecified atom stereocenters. The van der Waals surface area contributed by atoms with E-state index < -0.39 is 0 Å². The molecule has 8 heteroatoms. The number of fused-ring (bicyclic) bond motifs is 1. The molecule has 1 aliphatic heterocycles. The predicted octanol–water partition coefficient (Wildman–Crippen LogP) is 4.72. The monoisotopic (exact) mass is 533 g/mol. The van der Waals surface area contributed by atoms with Gasteiger partial charge < -0.3 is 24.8 Å². The van der Waals surface area contributed by atoms with Crippen LogP contribution in [0.2, 0.25) is 0 Å². The number of hydrogen-bond acceptors (Lipinski definition) is 6. The van der Waals surface area contributed by atoms with E-state index in [2.05, 4.69) is 20.8 Å². The zero-order chi connectivity index (χ0) is 24.2. The van der Waals surface area contributed by atoms with Gasteiger partial charge in [0, 0.05) is 23.2 Å². The lowest BCUT2D eigenvalue weighted by molar-refractivity contribution is 0.0962. The summed E-state index contributed by atoms with van der Waals surface area (Å²) in [5.74, 6) is 2.24. The SMILES string of the molecule is Br.COc1ccc2c(c1)CN(CC(=O)c1cc(OCCCCN)c(OC)c(C(C)(C)C)c1)C2=N. The van der Waals surface area contributed by atoms with Crippen LogP contribution in [-0.2, 0) is 12.0 Å². The van der Waals surface area contributed by atoms with Gasteiger partial charge >= 0.3 is 0 Å². The Morgan fingerprint density at radius 3 is 2.47 bits per heavy atom. The van der Waals surface area contributed by atoms with Crippen molar-refractivity contribution >= 4 is 28.6 Å². The summed E-state index contributed by atoms with van der Waals surface area (Å²) < 4.78 is 17.0. The number of benzene rings is 2. The number of carbonyl (C=O) groups excluding carboxylic acids is 1. The lowest BCUT2D eigenvalue weighted by atomic mass is 9.84. The molecule has 2 aromatic carbocycles. The quantitative estimate of drug-likeness (QED) is 0.338. The minimum atomic E-state index is -0.246. The number of nitrogens with one attached hydrogen (secondary N) is 1. The summed E-state index contributed by atoms with van der Waals surface area (Å²) >= 11 is 0. The standard InChI is InChI=1S/C26H35N3O4.BrH/c1-26(2,3)21-13-17(14-23(24(21)32-5)33-11-7-6-10-27)22(30)16-29-15-18-12-19(31-4)8-9-20(18)25(29)28;/h8-9,12-14,28H,6-7,10-11,15-16,27H2,1-5H3;1H. The Balaban J connectivity index is 0.00000408. The Morgan fingerprint density at radius 1 is 1.12 bits per heavy atom. The summed E-state index contributed by atoms with van der Waals surface area (Å²) in [7, 11) is 3.24. The summed E-state index contributed by atoms with van der Waals surface area (Å²) in [5, 5.41) is 8.53. The first-order chi connectivity index (χ1) is 15.7. The molecule has 1 heterocycles. The molecule has 3 N–H and O–H groups in total. The van der Waals surface area contributed by atoms with E-state index in [0.29, 0.717) is 42.6 Å². The zero-order valence-corrected chi connectivity index (χ0v) is 22.4. The molecule has 186 valence electrons. The van der Waals surface area contributed by atoms with Crippen molar-refractivity contribution in [3.05, 3.63) is 52.6 Å². The Bertz CT molecular complexity index is 1030. The number of unbranched alkanes of at least 4 members (excludes halogenated alkanes) is 1. The summed E-state index contributed by atoms with van der Waals surface area (Å²) in [4.78, 5) is 15.1. The predicted molar refractivity (Wildman–Crippen MR) is 140 cm³/mol. The fourth-order valence-electron chi connectivity index (χ4n) is 3.98. The lowest BCUT2D eigenvalue weighted by Crippen LogP contribution is -2.30. The van der Waals surface area contributed by atoms with Crippen LogP contribution in [0.4, 0.5) is 0 Å². The molecule has 34 heavy (non-hydrogen) atoms. The van der Waals surface area contributed by atoms with E-state index in [1.807, 2.05) is 24.3 Å². The van der Waals surface area contributed by atoms with Gasteiger partial charge in [-0.2, -0.15) is 0 Å². The van der Waals surface area contributed by atoms with Crippen molar-refractivity contribution in [2.75, 3.05) is 33.9 Å². The topological polar surface area (TPSA) is 97.9 Å². The highest BCUT2D eigenvalue weighted by atomic mass is 79.9. The van der Waals surface area contributed by atoms with Crippen LogP contribution in [0.25, 0.3) is 0 Å². The molecule has 0 saturated carbocycles. The maximum atomic E-state index is 13.4. The van der Waals surface area contributed by atoms with Crippen LogP contribution in [0.15, 0.2) is 30.3 Å². The second-order valence-electron chi connectivity index (χ2n) is 9.30. The lowest BCUT2D eigenvalue weighted by Gasteiger charge is -2.25. The van der Waals surface area contributed by atoms with Crippen LogP contribution in [0, 0.1) is 5.41 Å². The van der Waals surface area contributed by atoms with Gasteiger partial charge in [-0.25, -0.2) is 0 Å². The molecule has 0 saturated heterocycles. The average molecular weight is 534 g/mol. The second-order valence-corrected chi connectivity index (χ2v) is 9.30. The van der Waals surface area contributed by atoms with Crippen molar-refractivity contribution in [1.29, 1.82) is 5.41 Å². The molecule has 0 radical (unpaired) electrons. The summed E-state index contributed by atoms with van der Waals surface area (Å²) in [6.07, 6.45) is 1.70. The Hall–Kier alpha value is -2.58. The molecule has 1 aliphatic rings. The molecule has 0 amide bonds. The van der Waals surface area contributed by atoms with Crippen molar-refractivity contribution < 1.29 is 19.0 Å². The first kappa shape index (κ1) is 27.7. The fraction of sp³-hybridized carbons (Fsp3) is 0.462. The van der Waals surface area contributed by atoms with E-state index in [1.165, 1.54) is 0 Å². The highest BCUT2D eigenvalue weighted by Crippen LogP contribution is 2.40. The van der Waals surface area contributed by atoms with Crippen molar-refractivity contribution in [3.63, 3.8) is 0 Å². The van der Waals surface area contributed by atoms with Crippen molar-refractivity contribution in [3.8, 4) is 17.2 Å². The Labute approximate surface area is 212 Å². The van der Waals surface area contributed by atoms with E-state index in [-0.39, 0.29) is 34.7 Å². The number of hydrogen-bond donors (Lipinski definition) is 2. The molecule has 0 spiro atoms. The molecule has 3 rings (SSSR count). The molecular formula is C26H36BrN3O4. The smallest absolute Gasteiger partial charge is 0.182 e. The van der Waals surface area contributed by atoms with E-state index in [4.69, 9.17) is 25.4 Å². The van der Waals surface area contributed by atoms with Crippen molar-refractivity contribution in [2.45, 2.75) is 45.6 Å². The summed E-state index contributed by atoms with van der Waals surface area (Å²) in [6.45, 7) is 7.97. The van der Waals surface area contributed by atoms with Crippen LogP contribution < -0.4 is 19.9 Å². The van der Waals surface area contributed by atoms with Gasteiger partial charge in [-0.15, -0.1) is 17.0 Å². The number of Topliss-reactive ketones (excluding diaryl/α,β-unsaturated/α-hetero) is 1. The van der Waals surface area contributed by atoms with Gasteiger partial charge in [0.2, 0.25) is 0 Å². The van der Waals surface area contributed by atoms with Gasteiger partial charge in [-0.1, -0.05) is 20.8 Å². The minimum Gasteiger partial charge on any atom is -0.497 e. The number of ketones is 1. The largest absolute Gasteiger partial charge is 0.497 e. The van der Waals surface area contributed by atoms with Crippen molar-refractivity contribution in [1.82, 2.24) is 4.90 Å². The normalized spacial score (nSPS) is 12.8. The van der Waals surface area contributed by atoms with E-state index >= 15 is 0 Å². The molecule has 0 aromatic heterocycles. The third-order valence-corrected chi connectivity index (χ3v) is 5.82. The average Bonchev–Trinajstić information content (AvgIpc) is 3.09. The molecule has 2 aromatic rings. The van der Waals surface area contributed by atoms with Crippen LogP contribution >= 0.6 is 17.0 Å². The number of amidine groups is 1. The maximum absolute atomic E-state index is 13.4. The van der Waals surface area contributed by atoms with Crippen LogP contribution in [0.3, 0.4) is 0 Å². The first-order valence-corrected chi connectivity index (χ1v) is 11.3. The molecule has 0 bridgehead atoms.